The van der Waals surface area contributed by atoms with Gasteiger partial charge in [-0.3, -0.25) is 9.59 Å². The molecule has 1 aliphatic heterocycles. The first kappa shape index (κ1) is 23.4. The van der Waals surface area contributed by atoms with Gasteiger partial charge in [0.2, 0.25) is 10.0 Å². The summed E-state index contributed by atoms with van der Waals surface area (Å²) in [5, 5.41) is 2.75. The maximum atomic E-state index is 13.2. The molecule has 4 rings (SSSR count). The molecule has 1 aliphatic rings. The summed E-state index contributed by atoms with van der Waals surface area (Å²) in [5.74, 6) is -0.590. The molecule has 0 radical (unpaired) electrons. The number of fused-ring (bicyclic) bond motifs is 1. The fourth-order valence-electron chi connectivity index (χ4n) is 3.42. The van der Waals surface area contributed by atoms with Gasteiger partial charge in [0.15, 0.2) is 6.61 Å². The first-order chi connectivity index (χ1) is 16.1. The van der Waals surface area contributed by atoms with Crippen LogP contribution >= 0.6 is 0 Å². The van der Waals surface area contributed by atoms with Crippen LogP contribution in [-0.2, 0) is 21.4 Å². The topological polar surface area (TPSA) is 96.0 Å². The summed E-state index contributed by atoms with van der Waals surface area (Å²) in [7, 11) is -0.738. The molecule has 0 saturated carbocycles. The molecular weight excluding hydrogens is 461 g/mol. The van der Waals surface area contributed by atoms with E-state index in [-0.39, 0.29) is 35.3 Å². The van der Waals surface area contributed by atoms with E-state index < -0.39 is 15.9 Å². The van der Waals surface area contributed by atoms with Crippen molar-refractivity contribution < 1.29 is 27.1 Å². The smallest absolute Gasteiger partial charge is 0.265 e. The number of halogens is 1. The Morgan fingerprint density at radius 1 is 1.06 bits per heavy atom. The zero-order valence-corrected chi connectivity index (χ0v) is 19.3. The highest BCUT2D eigenvalue weighted by atomic mass is 32.2. The molecule has 8 nitrogen and oxygen atoms in total. The average molecular weight is 484 g/mol. The fraction of sp³-hybridized carbons (Fsp3) is 0.167. The Labute approximate surface area is 196 Å². The van der Waals surface area contributed by atoms with Crippen LogP contribution in [0.5, 0.6) is 5.75 Å². The van der Waals surface area contributed by atoms with Crippen LogP contribution in [0.15, 0.2) is 71.6 Å². The van der Waals surface area contributed by atoms with Crippen molar-refractivity contribution in [1.29, 1.82) is 0 Å². The summed E-state index contributed by atoms with van der Waals surface area (Å²) in [4.78, 5) is 26.9. The summed E-state index contributed by atoms with van der Waals surface area (Å²) < 4.78 is 44.3. The van der Waals surface area contributed by atoms with Crippen molar-refractivity contribution >= 4 is 33.2 Å². The summed E-state index contributed by atoms with van der Waals surface area (Å²) in [6.07, 6.45) is 0. The van der Waals surface area contributed by atoms with Gasteiger partial charge >= 0.3 is 0 Å². The van der Waals surface area contributed by atoms with Gasteiger partial charge in [0, 0.05) is 25.3 Å². The molecule has 1 heterocycles. The standard InChI is InChI=1S/C24H22FN3O5S/c1-27(2)34(31,32)20-10-5-17(6-11-20)24(30)26-19-9-12-22-21(13-19)28(23(29)15-33-22)14-16-3-7-18(25)8-4-16/h3-13H,14-15H2,1-2H3,(H,26,30). The van der Waals surface area contributed by atoms with Gasteiger partial charge in [-0.2, -0.15) is 0 Å². The van der Waals surface area contributed by atoms with E-state index >= 15 is 0 Å². The minimum absolute atomic E-state index is 0.0786. The molecule has 0 atom stereocenters. The van der Waals surface area contributed by atoms with Crippen LogP contribution < -0.4 is 15.0 Å². The molecule has 3 aromatic rings. The number of benzene rings is 3. The Morgan fingerprint density at radius 3 is 2.38 bits per heavy atom. The Kier molecular flexibility index (Phi) is 6.36. The monoisotopic (exact) mass is 483 g/mol. The number of anilines is 2. The molecule has 1 N–H and O–H groups in total. The molecule has 176 valence electrons. The second-order valence-corrected chi connectivity index (χ2v) is 10.00. The quantitative estimate of drug-likeness (QED) is 0.581. The predicted octanol–water partition coefficient (Wildman–Crippen LogP) is 3.25. The van der Waals surface area contributed by atoms with Gasteiger partial charge in [0.25, 0.3) is 11.8 Å². The molecule has 0 fully saturated rings. The highest BCUT2D eigenvalue weighted by molar-refractivity contribution is 7.89. The number of sulfonamides is 1. The SMILES string of the molecule is CN(C)S(=O)(=O)c1ccc(C(=O)Nc2ccc3c(c2)N(Cc2ccc(F)cc2)C(=O)CO3)cc1. The van der Waals surface area contributed by atoms with E-state index in [0.717, 1.165) is 9.87 Å². The fourth-order valence-corrected chi connectivity index (χ4v) is 4.32. The Bertz CT molecular complexity index is 1340. The lowest BCUT2D eigenvalue weighted by molar-refractivity contribution is -0.121. The third kappa shape index (κ3) is 4.78. The van der Waals surface area contributed by atoms with Gasteiger partial charge in [0.05, 0.1) is 17.1 Å². The van der Waals surface area contributed by atoms with Crippen LogP contribution in [0.1, 0.15) is 15.9 Å². The van der Waals surface area contributed by atoms with Gasteiger partial charge in [-0.15, -0.1) is 0 Å². The molecule has 0 aliphatic carbocycles. The first-order valence-corrected chi connectivity index (χ1v) is 11.7. The maximum absolute atomic E-state index is 13.2. The second-order valence-electron chi connectivity index (χ2n) is 7.84. The normalized spacial score (nSPS) is 13.4. The van der Waals surface area contributed by atoms with Crippen LogP contribution in [0.25, 0.3) is 0 Å². The van der Waals surface area contributed by atoms with Gasteiger partial charge in [-0.25, -0.2) is 17.1 Å². The molecule has 0 bridgehead atoms. The van der Waals surface area contributed by atoms with E-state index in [1.165, 1.54) is 55.4 Å². The molecule has 10 heteroatoms. The largest absolute Gasteiger partial charge is 0.482 e. The van der Waals surface area contributed by atoms with E-state index in [1.807, 2.05) is 0 Å². The molecule has 34 heavy (non-hydrogen) atoms. The van der Waals surface area contributed by atoms with E-state index in [0.29, 0.717) is 17.1 Å². The molecule has 0 saturated heterocycles. The summed E-state index contributed by atoms with van der Waals surface area (Å²) in [6, 6.07) is 16.4. The Balaban J connectivity index is 1.55. The number of ether oxygens (including phenoxy) is 1. The number of carbonyl (C=O) groups is 2. The number of rotatable bonds is 6. The van der Waals surface area contributed by atoms with Crippen molar-refractivity contribution in [1.82, 2.24) is 4.31 Å². The third-order valence-corrected chi connectivity index (χ3v) is 7.14. The number of hydrogen-bond acceptors (Lipinski definition) is 5. The maximum Gasteiger partial charge on any atom is 0.265 e. The number of carbonyl (C=O) groups excluding carboxylic acids is 2. The minimum atomic E-state index is -3.60. The Morgan fingerprint density at radius 2 is 1.74 bits per heavy atom. The van der Waals surface area contributed by atoms with E-state index in [2.05, 4.69) is 5.32 Å². The molecule has 3 aromatic carbocycles. The highest BCUT2D eigenvalue weighted by Gasteiger charge is 2.26. The van der Waals surface area contributed by atoms with Crippen molar-refractivity contribution in [3.63, 3.8) is 0 Å². The number of hydrogen-bond donors (Lipinski definition) is 1. The highest BCUT2D eigenvalue weighted by Crippen LogP contribution is 2.35. The van der Waals surface area contributed by atoms with E-state index in [9.17, 15) is 22.4 Å². The van der Waals surface area contributed by atoms with Crippen molar-refractivity contribution in [3.05, 3.63) is 83.7 Å². The summed E-state index contributed by atoms with van der Waals surface area (Å²) in [5.41, 5.74) is 1.91. The average Bonchev–Trinajstić information content (AvgIpc) is 2.82. The zero-order chi connectivity index (χ0) is 24.5. The molecular formula is C24H22FN3O5S. The van der Waals surface area contributed by atoms with Gasteiger partial charge < -0.3 is 15.0 Å². The zero-order valence-electron chi connectivity index (χ0n) is 18.5. The number of nitrogens with one attached hydrogen (secondary N) is 1. The summed E-state index contributed by atoms with van der Waals surface area (Å²) in [6.45, 7) is 0.0940. The lowest BCUT2D eigenvalue weighted by Gasteiger charge is -2.30. The minimum Gasteiger partial charge on any atom is -0.482 e. The van der Waals surface area contributed by atoms with Crippen LogP contribution in [-0.4, -0.2) is 45.2 Å². The number of nitrogens with zero attached hydrogens (tertiary/aromatic N) is 2. The predicted molar refractivity (Wildman–Crippen MR) is 125 cm³/mol. The van der Waals surface area contributed by atoms with Crippen molar-refractivity contribution in [2.24, 2.45) is 0 Å². The molecule has 2 amide bonds. The van der Waals surface area contributed by atoms with Crippen LogP contribution in [0, 0.1) is 5.82 Å². The van der Waals surface area contributed by atoms with Crippen molar-refractivity contribution in [2.45, 2.75) is 11.4 Å². The summed E-state index contributed by atoms with van der Waals surface area (Å²) >= 11 is 0. The van der Waals surface area contributed by atoms with Gasteiger partial charge in [0.1, 0.15) is 11.6 Å². The van der Waals surface area contributed by atoms with Gasteiger partial charge in [-0.1, -0.05) is 12.1 Å². The van der Waals surface area contributed by atoms with Crippen LogP contribution in [0.2, 0.25) is 0 Å². The third-order valence-electron chi connectivity index (χ3n) is 5.31. The van der Waals surface area contributed by atoms with Crippen LogP contribution in [0.3, 0.4) is 0 Å². The Hall–Kier alpha value is -3.76. The number of amides is 2. The lowest BCUT2D eigenvalue weighted by atomic mass is 10.1. The van der Waals surface area contributed by atoms with Gasteiger partial charge in [-0.05, 0) is 60.2 Å². The van der Waals surface area contributed by atoms with E-state index in [4.69, 9.17) is 4.74 Å². The molecule has 0 aromatic heterocycles. The molecule has 0 unspecified atom stereocenters. The van der Waals surface area contributed by atoms with Crippen molar-refractivity contribution in [3.8, 4) is 5.75 Å². The van der Waals surface area contributed by atoms with E-state index in [1.54, 1.807) is 30.3 Å². The second kappa shape index (κ2) is 9.24. The van der Waals surface area contributed by atoms with Crippen LogP contribution in [0.4, 0.5) is 15.8 Å². The molecule has 0 spiro atoms. The lowest BCUT2D eigenvalue weighted by Crippen LogP contribution is -2.38. The van der Waals surface area contributed by atoms with Crippen molar-refractivity contribution in [2.75, 3.05) is 30.9 Å². The first-order valence-electron chi connectivity index (χ1n) is 10.3.